The van der Waals surface area contributed by atoms with Gasteiger partial charge in [-0.15, -0.1) is 0 Å². The van der Waals surface area contributed by atoms with Gasteiger partial charge in [0.25, 0.3) is 0 Å². The average Bonchev–Trinajstić information content (AvgIpc) is 2.77. The first-order chi connectivity index (χ1) is 15.4. The Bertz CT molecular complexity index is 985. The van der Waals surface area contributed by atoms with Gasteiger partial charge in [0.1, 0.15) is 11.8 Å². The number of ketones is 1. The largest absolute Gasteiger partial charge is 0.497 e. The molecule has 33 heavy (non-hydrogen) atoms. The highest BCUT2D eigenvalue weighted by Crippen LogP contribution is 2.47. The van der Waals surface area contributed by atoms with Crippen LogP contribution in [0.2, 0.25) is 18.1 Å². The van der Waals surface area contributed by atoms with Crippen LogP contribution in [0.4, 0.5) is 5.69 Å². The molecule has 3 atom stereocenters. The molecule has 5 nitrogen and oxygen atoms in total. The summed E-state index contributed by atoms with van der Waals surface area (Å²) < 4.78 is 11.9. The molecule has 1 unspecified atom stereocenters. The standard InChI is InChI=1S/C27H37NO4Si/c1-18(2)27(4,5)33(7,8)32-19(3)23-24(25(29)20-12-10-9-11-13-20)28(26(23)30)21-14-16-22(31-6)17-15-21/h9-19,23-24H,1-8H3/t19?,23-,24+/m0/s1. The van der Waals surface area contributed by atoms with E-state index in [1.807, 2.05) is 37.3 Å². The van der Waals surface area contributed by atoms with Gasteiger partial charge in [0.05, 0.1) is 19.1 Å². The number of anilines is 1. The number of rotatable bonds is 9. The zero-order chi connectivity index (χ0) is 24.6. The van der Waals surface area contributed by atoms with Crippen LogP contribution in [-0.2, 0) is 9.22 Å². The van der Waals surface area contributed by atoms with E-state index in [2.05, 4.69) is 40.8 Å². The maximum Gasteiger partial charge on any atom is 0.235 e. The van der Waals surface area contributed by atoms with Crippen molar-refractivity contribution in [2.45, 2.75) is 64.9 Å². The molecule has 1 fully saturated rings. The number of Topliss-reactive ketones (excluding diaryl/α,β-unsaturated/α-hetero) is 1. The maximum atomic E-state index is 13.6. The van der Waals surface area contributed by atoms with Gasteiger partial charge in [0.2, 0.25) is 5.91 Å². The molecule has 0 saturated carbocycles. The van der Waals surface area contributed by atoms with Crippen LogP contribution in [-0.4, -0.2) is 39.3 Å². The van der Waals surface area contributed by atoms with Gasteiger partial charge in [0.15, 0.2) is 14.1 Å². The molecule has 3 rings (SSSR count). The molecule has 0 aromatic heterocycles. The van der Waals surface area contributed by atoms with Gasteiger partial charge in [0, 0.05) is 11.3 Å². The van der Waals surface area contributed by atoms with Crippen LogP contribution in [0.15, 0.2) is 54.6 Å². The fourth-order valence-corrected chi connectivity index (χ4v) is 7.21. The summed E-state index contributed by atoms with van der Waals surface area (Å²) in [7, 11) is -0.586. The van der Waals surface area contributed by atoms with E-state index < -0.39 is 20.3 Å². The van der Waals surface area contributed by atoms with Crippen molar-refractivity contribution in [2.24, 2.45) is 11.8 Å². The number of benzene rings is 2. The summed E-state index contributed by atoms with van der Waals surface area (Å²) in [4.78, 5) is 28.7. The summed E-state index contributed by atoms with van der Waals surface area (Å²) in [5.41, 5.74) is 1.29. The fraction of sp³-hybridized carbons (Fsp3) is 0.481. The Labute approximate surface area is 199 Å². The van der Waals surface area contributed by atoms with E-state index in [4.69, 9.17) is 9.16 Å². The highest BCUT2D eigenvalue weighted by atomic mass is 28.4. The number of β-lactam (4-membered cyclic amide) rings is 1. The summed E-state index contributed by atoms with van der Waals surface area (Å²) >= 11 is 0. The van der Waals surface area contributed by atoms with Gasteiger partial charge < -0.3 is 14.1 Å². The van der Waals surface area contributed by atoms with Crippen molar-refractivity contribution in [3.05, 3.63) is 60.2 Å². The summed E-state index contributed by atoms with van der Waals surface area (Å²) in [6.07, 6.45) is -0.357. The zero-order valence-electron chi connectivity index (χ0n) is 21.1. The van der Waals surface area contributed by atoms with Gasteiger partial charge in [-0.05, 0) is 55.2 Å². The highest BCUT2D eigenvalue weighted by molar-refractivity contribution is 6.74. The Hall–Kier alpha value is -2.44. The third-order valence-electron chi connectivity index (χ3n) is 7.80. The molecule has 0 N–H and O–H groups in total. The van der Waals surface area contributed by atoms with Crippen LogP contribution < -0.4 is 9.64 Å². The zero-order valence-corrected chi connectivity index (χ0v) is 22.1. The first kappa shape index (κ1) is 25.2. The van der Waals surface area contributed by atoms with E-state index in [1.54, 1.807) is 36.3 Å². The predicted octanol–water partition coefficient (Wildman–Crippen LogP) is 5.96. The Kier molecular flexibility index (Phi) is 7.20. The van der Waals surface area contributed by atoms with Gasteiger partial charge in [-0.2, -0.15) is 0 Å². The number of methoxy groups -OCH3 is 1. The van der Waals surface area contributed by atoms with Crippen molar-refractivity contribution in [2.75, 3.05) is 12.0 Å². The van der Waals surface area contributed by atoms with Crippen molar-refractivity contribution < 1.29 is 18.8 Å². The van der Waals surface area contributed by atoms with Crippen LogP contribution in [0.25, 0.3) is 0 Å². The van der Waals surface area contributed by atoms with Crippen LogP contribution in [0.3, 0.4) is 0 Å². The molecule has 1 heterocycles. The minimum Gasteiger partial charge on any atom is -0.497 e. The van der Waals surface area contributed by atoms with Gasteiger partial charge in [-0.25, -0.2) is 0 Å². The third kappa shape index (κ3) is 4.64. The normalized spacial score (nSPS) is 19.9. The molecule has 0 spiro atoms. The van der Waals surface area contributed by atoms with E-state index in [0.29, 0.717) is 22.9 Å². The second-order valence-corrected chi connectivity index (χ2v) is 14.9. The predicted molar refractivity (Wildman–Crippen MR) is 135 cm³/mol. The SMILES string of the molecule is COc1ccc(N2C(=O)[C@@H](C(C)O[Si](C)(C)C(C)(C)C(C)C)[C@@H]2C(=O)c2ccccc2)cc1. The quantitative estimate of drug-likeness (QED) is 0.260. The number of hydrogen-bond donors (Lipinski definition) is 0. The van der Waals surface area contributed by atoms with E-state index in [0.717, 1.165) is 0 Å². The average molecular weight is 468 g/mol. The topological polar surface area (TPSA) is 55.8 Å². The second kappa shape index (κ2) is 9.43. The molecule has 1 aliphatic rings. The minimum atomic E-state index is -2.19. The minimum absolute atomic E-state index is 0.0165. The molecule has 1 saturated heterocycles. The Morgan fingerprint density at radius 1 is 1.00 bits per heavy atom. The molecule has 2 aromatic carbocycles. The monoisotopic (exact) mass is 467 g/mol. The first-order valence-corrected chi connectivity index (χ1v) is 14.6. The molecule has 178 valence electrons. The maximum absolute atomic E-state index is 13.6. The summed E-state index contributed by atoms with van der Waals surface area (Å²) in [5, 5.41) is 0.0165. The van der Waals surface area contributed by atoms with Gasteiger partial charge >= 0.3 is 0 Å². The molecular weight excluding hydrogens is 430 g/mol. The number of amides is 1. The summed E-state index contributed by atoms with van der Waals surface area (Å²) in [6, 6.07) is 15.9. The highest BCUT2D eigenvalue weighted by Gasteiger charge is 2.56. The molecular formula is C27H37NO4Si. The Balaban J connectivity index is 1.94. The lowest BCUT2D eigenvalue weighted by atomic mass is 9.78. The Morgan fingerprint density at radius 3 is 2.09 bits per heavy atom. The number of carbonyl (C=O) groups is 2. The van der Waals surface area contributed by atoms with Crippen LogP contribution in [0.5, 0.6) is 5.75 Å². The van der Waals surface area contributed by atoms with E-state index >= 15 is 0 Å². The van der Waals surface area contributed by atoms with E-state index in [1.165, 1.54) is 0 Å². The molecule has 0 aliphatic carbocycles. The van der Waals surface area contributed by atoms with Gasteiger partial charge in [-0.1, -0.05) is 58.0 Å². The van der Waals surface area contributed by atoms with Crippen molar-refractivity contribution >= 4 is 25.7 Å². The van der Waals surface area contributed by atoms with Crippen LogP contribution in [0.1, 0.15) is 45.0 Å². The first-order valence-electron chi connectivity index (χ1n) is 11.7. The molecule has 1 amide bonds. The summed E-state index contributed by atoms with van der Waals surface area (Å²) in [6.45, 7) is 15.3. The van der Waals surface area contributed by atoms with Crippen molar-refractivity contribution in [3.8, 4) is 5.75 Å². The molecule has 6 heteroatoms. The smallest absolute Gasteiger partial charge is 0.235 e. The second-order valence-electron chi connectivity index (χ2n) is 10.3. The molecule has 1 aliphatic heterocycles. The number of nitrogens with zero attached hydrogens (tertiary/aromatic N) is 1. The lowest BCUT2D eigenvalue weighted by Gasteiger charge is -2.51. The van der Waals surface area contributed by atoms with Crippen LogP contribution >= 0.6 is 0 Å². The number of hydrogen-bond acceptors (Lipinski definition) is 4. The molecule has 2 aromatic rings. The summed E-state index contributed by atoms with van der Waals surface area (Å²) in [5.74, 6) is 0.494. The van der Waals surface area contributed by atoms with Crippen molar-refractivity contribution in [1.82, 2.24) is 0 Å². The number of carbonyl (C=O) groups excluding carboxylic acids is 2. The Morgan fingerprint density at radius 2 is 1.58 bits per heavy atom. The molecule has 0 bridgehead atoms. The van der Waals surface area contributed by atoms with Crippen molar-refractivity contribution in [1.29, 1.82) is 0 Å². The van der Waals surface area contributed by atoms with Gasteiger partial charge in [-0.3, -0.25) is 9.59 Å². The van der Waals surface area contributed by atoms with Crippen LogP contribution in [0, 0.1) is 11.8 Å². The fourth-order valence-electron chi connectivity index (χ4n) is 4.44. The third-order valence-corrected chi connectivity index (χ3v) is 12.4. The van der Waals surface area contributed by atoms with E-state index in [-0.39, 0.29) is 22.8 Å². The van der Waals surface area contributed by atoms with E-state index in [9.17, 15) is 9.59 Å². The molecule has 0 radical (unpaired) electrons. The van der Waals surface area contributed by atoms with Crippen molar-refractivity contribution in [3.63, 3.8) is 0 Å². The lowest BCUT2D eigenvalue weighted by molar-refractivity contribution is -0.133. The lowest BCUT2D eigenvalue weighted by Crippen LogP contribution is -2.69. The number of ether oxygens (including phenoxy) is 1.